The molecule has 0 saturated heterocycles. The van der Waals surface area contributed by atoms with Crippen molar-refractivity contribution in [2.45, 2.75) is 89.1 Å². The van der Waals surface area contributed by atoms with E-state index >= 15 is 0 Å². The molecule has 7 aromatic rings. The molecular weight excluding hydrogens is 2550 g/mol. The zero-order chi connectivity index (χ0) is 94.2. The van der Waals surface area contributed by atoms with E-state index in [0.29, 0.717) is 57.7 Å². The summed E-state index contributed by atoms with van der Waals surface area (Å²) in [7, 11) is -19.5. The summed E-state index contributed by atoms with van der Waals surface area (Å²) in [5.41, 5.74) is -0.533. The second kappa shape index (κ2) is 53.3. The van der Waals surface area contributed by atoms with Crippen molar-refractivity contribution < 1.29 is 156 Å². The third-order valence-corrected chi connectivity index (χ3v) is 25.7. The molecule has 686 valence electrons. The zero-order valence-electron chi connectivity index (χ0n) is 64.0. The number of carbonyl (C=O) groups is 10. The van der Waals surface area contributed by atoms with Gasteiger partial charge in [0.15, 0.2) is 34.0 Å². The minimum absolute atomic E-state index is 0.0410. The molecule has 0 spiro atoms. The first-order chi connectivity index (χ1) is 58.8. The minimum atomic E-state index is -6.31. The van der Waals surface area contributed by atoms with E-state index in [-0.39, 0.29) is 120 Å². The topological polar surface area (TPSA) is 492 Å². The summed E-state index contributed by atoms with van der Waals surface area (Å²) in [6, 6.07) is 32.8. The molecule has 0 aromatic heterocycles. The molecule has 32 nitrogen and oxygen atoms in total. The van der Waals surface area contributed by atoms with Gasteiger partial charge in [0.1, 0.15) is 33.0 Å². The lowest BCUT2D eigenvalue weighted by atomic mass is 9.82. The van der Waals surface area contributed by atoms with Gasteiger partial charge in [-0.3, -0.25) is 28.8 Å². The van der Waals surface area contributed by atoms with Crippen molar-refractivity contribution in [3.8, 4) is 17.2 Å². The highest BCUT2D eigenvalue weighted by atomic mass is 79.9. The zero-order valence-corrected chi connectivity index (χ0v) is 86.3. The number of carbonyl (C=O) groups excluding carboxylic acids is 10. The monoisotopic (exact) mass is 2600 g/mol. The highest BCUT2D eigenvalue weighted by molar-refractivity contribution is 9.13. The molecule has 7 aromatic carbocycles. The van der Waals surface area contributed by atoms with Gasteiger partial charge in [0.2, 0.25) is 0 Å². The van der Waals surface area contributed by atoms with Crippen molar-refractivity contribution in [2.24, 2.45) is 11.8 Å². The third-order valence-electron chi connectivity index (χ3n) is 16.1. The molecule has 126 heavy (non-hydrogen) atoms. The molecule has 1 aliphatic carbocycles. The maximum absolute atomic E-state index is 14.1. The second-order valence-corrected chi connectivity index (χ2v) is 42.2. The standard InChI is InChI=1S/C30H11Br9F2O11S.C17H21BrO7S.C15H19BrO7S.C14H17BrO7S/c31-10-1-17(34)23(18(35)2-10)50-27(43)14-8-16(29(45)52-25-21(38)5-12(33)6-22(25)39)15(28(44)51-24-19(36)3-11(32)4-20(24)37)7-13(14)26(42)49-9-30(40,41)53(46,47)48;18-15-7-1-12(2-8-15)11-25-17(20)14-5-3-13(4-6-14)16(19)24-9-10-26(21,22)23;16-13-6-4-12(5-7-13)8-9-22-14(17)2-1-3-15(18)23-10-11-24(19,20)21;15-12-5-2-1-4-11(12)10-22-14(17)7-3-6-13(16)21-8-9-23(18,19)20/h1-8H,9H2,(H,46,47,48);1-2,7-8,13-14H,3-6,9-11H2,(H,21,22,23);4-7H,1-3,8-11H2,(H,19,20,21);1-2,4-5H,3,6-10H2,(H,18,19,20)/p-4. The number of rotatable bonds is 36. The summed E-state index contributed by atoms with van der Waals surface area (Å²) < 4.78 is 211. The average molecular weight is 2610 g/mol. The van der Waals surface area contributed by atoms with Crippen LogP contribution in [-0.4, -0.2) is 167 Å². The van der Waals surface area contributed by atoms with Gasteiger partial charge < -0.3 is 65.6 Å². The van der Waals surface area contributed by atoms with Gasteiger partial charge in [0, 0.05) is 64.5 Å². The Morgan fingerprint density at radius 2 is 0.667 bits per heavy atom. The van der Waals surface area contributed by atoms with Crippen LogP contribution in [0.15, 0.2) is 175 Å². The van der Waals surface area contributed by atoms with Gasteiger partial charge in [-0.1, -0.05) is 138 Å². The maximum atomic E-state index is 14.1. The fourth-order valence-corrected chi connectivity index (χ4v) is 19.2. The predicted molar refractivity (Wildman–Crippen MR) is 481 cm³/mol. The summed E-state index contributed by atoms with van der Waals surface area (Å²) in [4.78, 5) is 124. The average Bonchev–Trinajstić information content (AvgIpc) is 0.770. The van der Waals surface area contributed by atoms with Crippen molar-refractivity contribution in [3.63, 3.8) is 0 Å². The minimum Gasteiger partial charge on any atom is -0.748 e. The molecule has 0 radical (unpaired) electrons. The molecule has 0 atom stereocenters. The lowest BCUT2D eigenvalue weighted by Gasteiger charge is -2.26. The normalized spacial score (nSPS) is 13.2. The molecule has 8 rings (SSSR count). The van der Waals surface area contributed by atoms with Gasteiger partial charge in [-0.25, -0.2) is 52.8 Å². The summed E-state index contributed by atoms with van der Waals surface area (Å²) in [5, 5.41) is -5.09. The molecule has 0 aliphatic heterocycles. The highest BCUT2D eigenvalue weighted by Gasteiger charge is 2.41. The van der Waals surface area contributed by atoms with Crippen LogP contribution in [0.4, 0.5) is 8.78 Å². The van der Waals surface area contributed by atoms with Crippen LogP contribution in [0.5, 0.6) is 17.2 Å². The molecule has 1 fully saturated rings. The fourth-order valence-electron chi connectivity index (χ4n) is 9.94. The summed E-state index contributed by atoms with van der Waals surface area (Å²) >= 11 is 39.3. The van der Waals surface area contributed by atoms with Gasteiger partial charge in [-0.15, -0.1) is 0 Å². The first-order valence-corrected chi connectivity index (χ1v) is 51.2. The van der Waals surface area contributed by atoms with E-state index in [1.807, 2.05) is 72.8 Å². The molecule has 1 saturated carbocycles. The first-order valence-electron chi connectivity index (χ1n) is 35.6. The van der Waals surface area contributed by atoms with Gasteiger partial charge >= 0.3 is 64.9 Å². The lowest BCUT2D eigenvalue weighted by molar-refractivity contribution is -0.155. The largest absolute Gasteiger partial charge is 0.748 e. The fraction of sp³-hybridized carbons (Fsp3) is 0.316. The molecular formula is C76H64Br12F2O32S4-4. The summed E-state index contributed by atoms with van der Waals surface area (Å²) in [5.74, 6) is -12.1. The van der Waals surface area contributed by atoms with Gasteiger partial charge in [-0.05, 0) is 224 Å². The van der Waals surface area contributed by atoms with Crippen LogP contribution in [0.3, 0.4) is 0 Å². The van der Waals surface area contributed by atoms with E-state index in [1.54, 1.807) is 0 Å². The van der Waals surface area contributed by atoms with Crippen molar-refractivity contribution >= 4 is 291 Å². The van der Waals surface area contributed by atoms with Crippen LogP contribution in [0.1, 0.15) is 122 Å². The summed E-state index contributed by atoms with van der Waals surface area (Å²) in [6.07, 6.45) is 3.04. The van der Waals surface area contributed by atoms with Crippen molar-refractivity contribution in [1.29, 1.82) is 0 Å². The highest BCUT2D eigenvalue weighted by Crippen LogP contribution is 2.42. The number of esters is 10. The van der Waals surface area contributed by atoms with Crippen LogP contribution in [0, 0.1) is 11.8 Å². The van der Waals surface area contributed by atoms with Gasteiger partial charge in [0.25, 0.3) is 0 Å². The Hall–Kier alpha value is -5.50. The number of alkyl halides is 2. The molecule has 50 heteroatoms. The number of halogens is 14. The van der Waals surface area contributed by atoms with E-state index < -0.39 is 165 Å². The van der Waals surface area contributed by atoms with Crippen molar-refractivity contribution in [3.05, 3.63) is 214 Å². The Morgan fingerprint density at radius 1 is 0.349 bits per heavy atom. The molecule has 0 unspecified atom stereocenters. The molecule has 0 amide bonds. The number of ether oxygens (including phenoxy) is 10. The number of benzene rings is 7. The van der Waals surface area contributed by atoms with E-state index in [4.69, 9.17) is 33.2 Å². The van der Waals surface area contributed by atoms with E-state index in [1.165, 1.54) is 36.4 Å². The van der Waals surface area contributed by atoms with Crippen molar-refractivity contribution in [2.75, 3.05) is 50.3 Å². The Balaban J connectivity index is 0.000000324. The summed E-state index contributed by atoms with van der Waals surface area (Å²) in [6.45, 7) is -3.06. The molecule has 0 bridgehead atoms. The Morgan fingerprint density at radius 3 is 1.02 bits per heavy atom. The quantitative estimate of drug-likeness (QED) is 0.0152. The van der Waals surface area contributed by atoms with E-state index in [9.17, 15) is 109 Å². The van der Waals surface area contributed by atoms with Gasteiger partial charge in [0.05, 0.1) is 115 Å². The molecule has 0 heterocycles. The smallest absolute Gasteiger partial charge is 0.367 e. The third kappa shape index (κ3) is 41.1. The number of hydrogen-bond donors (Lipinski definition) is 0. The van der Waals surface area contributed by atoms with Crippen LogP contribution in [0.2, 0.25) is 0 Å². The predicted octanol–water partition coefficient (Wildman–Crippen LogP) is 17.4. The van der Waals surface area contributed by atoms with Crippen LogP contribution >= 0.6 is 191 Å². The second-order valence-electron chi connectivity index (χ2n) is 25.6. The van der Waals surface area contributed by atoms with Crippen LogP contribution in [0.25, 0.3) is 0 Å². The van der Waals surface area contributed by atoms with E-state index in [0.717, 1.165) is 30.1 Å². The Labute approximate surface area is 820 Å². The SMILES string of the molecule is O=C(CCCC(=O)OCCS(=O)(=O)[O-])OCCc1ccc(Br)cc1.O=C(CCCC(=O)OCc1ccccc1Br)OCCS(=O)(=O)[O-].O=C(OCC(F)(F)S(=O)(=O)[O-])c1cc(C(=O)Oc2c(Br)cc(Br)cc2Br)c(C(=O)Oc2c(Br)cc(Br)cc2Br)cc1C(=O)Oc1c(Br)cc(Br)cc1Br.O=C(OCCS(=O)(=O)[O-])C1CCC(C(=O)OCc2ccc(Br)cc2)CC1. The Bertz CT molecular complexity index is 5510. The molecule has 0 N–H and O–H groups in total. The van der Waals surface area contributed by atoms with Crippen molar-refractivity contribution in [1.82, 2.24) is 0 Å². The Kier molecular flexibility index (Phi) is 46.9. The lowest BCUT2D eigenvalue weighted by Crippen LogP contribution is -2.35. The molecule has 1 aliphatic rings. The maximum Gasteiger partial charge on any atom is 0.367 e. The van der Waals surface area contributed by atoms with Gasteiger partial charge in [-0.2, -0.15) is 8.78 Å². The van der Waals surface area contributed by atoms with Crippen LogP contribution < -0.4 is 14.2 Å². The van der Waals surface area contributed by atoms with Crippen LogP contribution in [-0.2, 0) is 122 Å². The van der Waals surface area contributed by atoms with E-state index in [2.05, 4.69) is 205 Å². The number of hydrogen-bond acceptors (Lipinski definition) is 32. The first kappa shape index (κ1) is 111.